The van der Waals surface area contributed by atoms with Gasteiger partial charge >= 0.3 is 0 Å². The Labute approximate surface area is 155 Å². The minimum absolute atomic E-state index is 0.324. The summed E-state index contributed by atoms with van der Waals surface area (Å²) in [5.41, 5.74) is 2.46. The Morgan fingerprint density at radius 3 is 2.19 bits per heavy atom. The summed E-state index contributed by atoms with van der Waals surface area (Å²) in [7, 11) is 0. The van der Waals surface area contributed by atoms with Crippen molar-refractivity contribution >= 4 is 23.0 Å². The van der Waals surface area contributed by atoms with Gasteiger partial charge < -0.3 is 0 Å². The lowest BCUT2D eigenvalue weighted by Crippen LogP contribution is -2.20. The Bertz CT molecular complexity index is 970. The number of hydrogen-bond acceptors (Lipinski definition) is 2. The minimum Gasteiger partial charge on any atom is -0.254 e. The minimum atomic E-state index is -0.418. The van der Waals surface area contributed by atoms with E-state index in [2.05, 4.69) is 5.10 Å². The molecule has 2 nitrogen and oxygen atoms in total. The van der Waals surface area contributed by atoms with Gasteiger partial charge in [0.2, 0.25) is 0 Å². The molecule has 4 rings (SSSR count). The van der Waals surface area contributed by atoms with Crippen LogP contribution in [0.15, 0.2) is 77.9 Å². The van der Waals surface area contributed by atoms with Crippen LogP contribution in [0, 0.1) is 11.6 Å². The molecule has 0 aromatic heterocycles. The zero-order chi connectivity index (χ0) is 18.1. The van der Waals surface area contributed by atoms with E-state index in [9.17, 15) is 8.78 Å². The molecule has 1 aliphatic heterocycles. The predicted molar refractivity (Wildman–Crippen MR) is 101 cm³/mol. The summed E-state index contributed by atoms with van der Waals surface area (Å²) in [6.45, 7) is 0. The van der Waals surface area contributed by atoms with Gasteiger partial charge in [-0.3, -0.25) is 5.01 Å². The van der Waals surface area contributed by atoms with Gasteiger partial charge in [-0.05, 0) is 35.9 Å². The number of rotatable bonds is 3. The summed E-state index contributed by atoms with van der Waals surface area (Å²) in [4.78, 5) is 0. The standard InChI is InChI=1S/C21H15ClF2N2/c22-15-11-9-14(10-12-15)19-13-21(16-5-1-2-6-17(16)23)26(25-19)20-8-4-3-7-18(20)24/h1-12,21H,13H2. The average molecular weight is 369 g/mol. The van der Waals surface area contributed by atoms with Crippen molar-refractivity contribution < 1.29 is 8.78 Å². The number of halogens is 3. The van der Waals surface area contributed by atoms with E-state index >= 15 is 0 Å². The second-order valence-corrected chi connectivity index (χ2v) is 6.53. The van der Waals surface area contributed by atoms with Crippen molar-refractivity contribution in [2.45, 2.75) is 12.5 Å². The highest BCUT2D eigenvalue weighted by Crippen LogP contribution is 2.38. The van der Waals surface area contributed by atoms with Crippen LogP contribution in [-0.2, 0) is 0 Å². The highest BCUT2D eigenvalue weighted by Gasteiger charge is 2.32. The van der Waals surface area contributed by atoms with Gasteiger partial charge in [0.05, 0.1) is 17.4 Å². The van der Waals surface area contributed by atoms with E-state index < -0.39 is 11.9 Å². The molecular formula is C21H15ClF2N2. The third-order valence-corrected chi connectivity index (χ3v) is 4.70. The van der Waals surface area contributed by atoms with E-state index in [1.54, 1.807) is 53.5 Å². The van der Waals surface area contributed by atoms with Gasteiger partial charge in [-0.25, -0.2) is 8.78 Å². The molecule has 130 valence electrons. The first-order chi connectivity index (χ1) is 12.6. The molecule has 0 amide bonds. The molecule has 26 heavy (non-hydrogen) atoms. The number of nitrogens with zero attached hydrogens (tertiary/aromatic N) is 2. The fraction of sp³-hybridized carbons (Fsp3) is 0.0952. The molecule has 0 bridgehead atoms. The summed E-state index contributed by atoms with van der Waals surface area (Å²) in [6, 6.07) is 19.8. The summed E-state index contributed by atoms with van der Waals surface area (Å²) in [5, 5.41) is 6.81. The molecular weight excluding hydrogens is 354 g/mol. The van der Waals surface area contributed by atoms with Crippen LogP contribution in [0.3, 0.4) is 0 Å². The lowest BCUT2D eigenvalue weighted by molar-refractivity contribution is 0.568. The highest BCUT2D eigenvalue weighted by molar-refractivity contribution is 6.30. The predicted octanol–water partition coefficient (Wildman–Crippen LogP) is 5.97. The van der Waals surface area contributed by atoms with Crippen molar-refractivity contribution in [2.24, 2.45) is 5.10 Å². The number of hydrazone groups is 1. The summed E-state index contributed by atoms with van der Waals surface area (Å²) in [5.74, 6) is -0.721. The van der Waals surface area contributed by atoms with Gasteiger partial charge in [0, 0.05) is 17.0 Å². The Balaban J connectivity index is 1.80. The van der Waals surface area contributed by atoms with Crippen molar-refractivity contribution in [3.8, 4) is 0 Å². The van der Waals surface area contributed by atoms with Crippen LogP contribution in [0.2, 0.25) is 5.02 Å². The summed E-state index contributed by atoms with van der Waals surface area (Å²) >= 11 is 5.96. The second-order valence-electron chi connectivity index (χ2n) is 6.09. The molecule has 3 aromatic carbocycles. The highest BCUT2D eigenvalue weighted by atomic mass is 35.5. The van der Waals surface area contributed by atoms with Gasteiger partial charge in [-0.15, -0.1) is 0 Å². The summed E-state index contributed by atoms with van der Waals surface area (Å²) < 4.78 is 28.8. The lowest BCUT2D eigenvalue weighted by atomic mass is 9.98. The first-order valence-electron chi connectivity index (χ1n) is 8.25. The van der Waals surface area contributed by atoms with Crippen molar-refractivity contribution in [2.75, 3.05) is 5.01 Å². The molecule has 5 heteroatoms. The first-order valence-corrected chi connectivity index (χ1v) is 8.63. The number of benzene rings is 3. The average Bonchev–Trinajstić information content (AvgIpc) is 3.08. The van der Waals surface area contributed by atoms with Crippen LogP contribution in [0.5, 0.6) is 0 Å². The topological polar surface area (TPSA) is 15.6 Å². The smallest absolute Gasteiger partial charge is 0.148 e. The van der Waals surface area contributed by atoms with Crippen LogP contribution in [0.4, 0.5) is 14.5 Å². The first kappa shape index (κ1) is 16.7. The fourth-order valence-electron chi connectivity index (χ4n) is 3.17. The van der Waals surface area contributed by atoms with E-state index in [0.717, 1.165) is 11.3 Å². The van der Waals surface area contributed by atoms with Crippen LogP contribution in [0.25, 0.3) is 0 Å². The Morgan fingerprint density at radius 1 is 0.846 bits per heavy atom. The van der Waals surface area contributed by atoms with E-state index in [4.69, 9.17) is 11.6 Å². The molecule has 0 saturated carbocycles. The Morgan fingerprint density at radius 2 is 1.50 bits per heavy atom. The largest absolute Gasteiger partial charge is 0.254 e. The van der Waals surface area contributed by atoms with Gasteiger partial charge in [0.15, 0.2) is 0 Å². The van der Waals surface area contributed by atoms with E-state index in [1.807, 2.05) is 12.1 Å². The van der Waals surface area contributed by atoms with Crippen LogP contribution in [-0.4, -0.2) is 5.71 Å². The van der Waals surface area contributed by atoms with E-state index in [0.29, 0.717) is 22.7 Å². The molecule has 0 spiro atoms. The van der Waals surface area contributed by atoms with Crippen LogP contribution < -0.4 is 5.01 Å². The quantitative estimate of drug-likeness (QED) is 0.555. The second kappa shape index (κ2) is 6.89. The van der Waals surface area contributed by atoms with Crippen LogP contribution >= 0.6 is 11.6 Å². The molecule has 1 atom stereocenters. The Hall–Kier alpha value is -2.72. The molecule has 0 aliphatic carbocycles. The fourth-order valence-corrected chi connectivity index (χ4v) is 3.30. The Kier molecular flexibility index (Phi) is 4.43. The lowest BCUT2D eigenvalue weighted by Gasteiger charge is -2.24. The van der Waals surface area contributed by atoms with Crippen molar-refractivity contribution in [1.29, 1.82) is 0 Å². The molecule has 1 unspecified atom stereocenters. The van der Waals surface area contributed by atoms with E-state index in [-0.39, 0.29) is 5.82 Å². The third-order valence-electron chi connectivity index (χ3n) is 4.45. The normalized spacial score (nSPS) is 16.7. The molecule has 0 radical (unpaired) electrons. The maximum absolute atomic E-state index is 14.4. The maximum Gasteiger partial charge on any atom is 0.148 e. The number of anilines is 1. The van der Waals surface area contributed by atoms with Gasteiger partial charge in [-0.2, -0.15) is 5.10 Å². The zero-order valence-electron chi connectivity index (χ0n) is 13.7. The zero-order valence-corrected chi connectivity index (χ0v) is 14.5. The van der Waals surface area contributed by atoms with Crippen LogP contribution in [0.1, 0.15) is 23.6 Å². The molecule has 0 saturated heterocycles. The molecule has 1 aliphatic rings. The monoisotopic (exact) mass is 368 g/mol. The molecule has 3 aromatic rings. The number of hydrogen-bond donors (Lipinski definition) is 0. The summed E-state index contributed by atoms with van der Waals surface area (Å²) in [6.07, 6.45) is 0.469. The molecule has 0 N–H and O–H groups in total. The van der Waals surface area contributed by atoms with Crippen molar-refractivity contribution in [1.82, 2.24) is 0 Å². The number of para-hydroxylation sites is 1. The van der Waals surface area contributed by atoms with Gasteiger partial charge in [0.25, 0.3) is 0 Å². The van der Waals surface area contributed by atoms with E-state index in [1.165, 1.54) is 12.1 Å². The van der Waals surface area contributed by atoms with Gasteiger partial charge in [0.1, 0.15) is 11.6 Å². The molecule has 0 fully saturated rings. The molecule has 1 heterocycles. The third kappa shape index (κ3) is 3.08. The van der Waals surface area contributed by atoms with Gasteiger partial charge in [-0.1, -0.05) is 54.1 Å². The van der Waals surface area contributed by atoms with Crippen molar-refractivity contribution in [3.63, 3.8) is 0 Å². The SMILES string of the molecule is Fc1ccccc1C1CC(c2ccc(Cl)cc2)=NN1c1ccccc1F. The maximum atomic E-state index is 14.4. The van der Waals surface area contributed by atoms with Crippen molar-refractivity contribution in [3.05, 3.63) is 101 Å².